The van der Waals surface area contributed by atoms with Crippen molar-refractivity contribution in [3.8, 4) is 0 Å². The summed E-state index contributed by atoms with van der Waals surface area (Å²) in [6, 6.07) is 13.6. The summed E-state index contributed by atoms with van der Waals surface area (Å²) in [5.41, 5.74) is 2.96. The predicted octanol–water partition coefficient (Wildman–Crippen LogP) is 4.34. The number of carbonyl (C=O) groups excluding carboxylic acids is 1. The van der Waals surface area contributed by atoms with E-state index in [1.54, 1.807) is 11.0 Å². The van der Waals surface area contributed by atoms with Crippen LogP contribution < -0.4 is 0 Å². The first-order chi connectivity index (χ1) is 12.0. The zero-order valence-electron chi connectivity index (χ0n) is 13.7. The molecule has 3 aromatic rings. The molecule has 128 valence electrons. The van der Waals surface area contributed by atoms with Crippen LogP contribution in [-0.4, -0.2) is 34.0 Å². The van der Waals surface area contributed by atoms with Crippen molar-refractivity contribution in [3.63, 3.8) is 0 Å². The number of amides is 1. The first-order valence-corrected chi connectivity index (χ1v) is 8.91. The van der Waals surface area contributed by atoms with E-state index in [0.29, 0.717) is 29.6 Å². The number of halogens is 2. The molecule has 2 aromatic carbocycles. The topological polar surface area (TPSA) is 38.1 Å². The number of likely N-dealkylation sites (tertiary alicyclic amines) is 1. The van der Waals surface area contributed by atoms with Gasteiger partial charge in [-0.3, -0.25) is 4.79 Å². The molecule has 4 nitrogen and oxygen atoms in total. The molecule has 1 aliphatic rings. The fourth-order valence-electron chi connectivity index (χ4n) is 3.43. The largest absolute Gasteiger partial charge is 0.345 e. The molecule has 2 heterocycles. The van der Waals surface area contributed by atoms with E-state index in [1.807, 2.05) is 37.4 Å². The van der Waals surface area contributed by atoms with Crippen LogP contribution in [0.2, 0.25) is 10.0 Å². The van der Waals surface area contributed by atoms with Gasteiger partial charge in [-0.1, -0.05) is 41.4 Å². The maximum Gasteiger partial charge on any atom is 0.223 e. The summed E-state index contributed by atoms with van der Waals surface area (Å²) in [5, 5.41) is 1.25. The molecule has 0 N–H and O–H groups in total. The van der Waals surface area contributed by atoms with Crippen molar-refractivity contribution in [2.75, 3.05) is 13.6 Å². The van der Waals surface area contributed by atoms with Crippen molar-refractivity contribution in [2.45, 2.75) is 18.9 Å². The Morgan fingerprint density at radius 3 is 2.72 bits per heavy atom. The number of nitrogens with zero attached hydrogens (tertiary/aromatic N) is 3. The Kier molecular flexibility index (Phi) is 4.18. The summed E-state index contributed by atoms with van der Waals surface area (Å²) in [7, 11) is 1.84. The lowest BCUT2D eigenvalue weighted by Gasteiger charge is -2.15. The molecule has 25 heavy (non-hydrogen) atoms. The maximum absolute atomic E-state index is 12.0. The fraction of sp³-hybridized carbons (Fsp3) is 0.263. The SMILES string of the molecule is CN1CC(c2nc3ccccc3n2Cc2ccc(Cl)cc2Cl)CC1=O. The second-order valence-corrected chi connectivity index (χ2v) is 7.30. The third-order valence-electron chi connectivity index (χ3n) is 4.73. The van der Waals surface area contributed by atoms with E-state index < -0.39 is 0 Å². The summed E-state index contributed by atoms with van der Waals surface area (Å²) in [6.07, 6.45) is 0.494. The smallest absolute Gasteiger partial charge is 0.223 e. The Bertz CT molecular complexity index is 966. The number of fused-ring (bicyclic) bond motifs is 1. The summed E-state index contributed by atoms with van der Waals surface area (Å²) in [6.45, 7) is 1.29. The van der Waals surface area contributed by atoms with Gasteiger partial charge in [-0.05, 0) is 29.8 Å². The first-order valence-electron chi connectivity index (χ1n) is 8.16. The zero-order valence-corrected chi connectivity index (χ0v) is 15.3. The van der Waals surface area contributed by atoms with E-state index in [0.717, 1.165) is 22.4 Å². The molecule has 1 aromatic heterocycles. The van der Waals surface area contributed by atoms with Crippen LogP contribution in [-0.2, 0) is 11.3 Å². The highest BCUT2D eigenvalue weighted by Crippen LogP contribution is 2.31. The summed E-state index contributed by atoms with van der Waals surface area (Å²) in [4.78, 5) is 18.6. The summed E-state index contributed by atoms with van der Waals surface area (Å²) < 4.78 is 2.17. The van der Waals surface area contributed by atoms with Gasteiger partial charge in [0.2, 0.25) is 5.91 Å². The van der Waals surface area contributed by atoms with Crippen molar-refractivity contribution in [1.29, 1.82) is 0 Å². The third kappa shape index (κ3) is 3.00. The van der Waals surface area contributed by atoms with Crippen molar-refractivity contribution >= 4 is 40.1 Å². The van der Waals surface area contributed by atoms with E-state index in [1.165, 1.54) is 0 Å². The van der Waals surface area contributed by atoms with E-state index >= 15 is 0 Å². The minimum atomic E-state index is 0.0935. The average Bonchev–Trinajstić information content (AvgIpc) is 3.11. The van der Waals surface area contributed by atoms with Crippen LogP contribution in [0.25, 0.3) is 11.0 Å². The molecule has 4 rings (SSSR count). The van der Waals surface area contributed by atoms with Gasteiger partial charge in [0.1, 0.15) is 5.82 Å². The molecule has 0 saturated carbocycles. The molecule has 1 saturated heterocycles. The van der Waals surface area contributed by atoms with Crippen molar-refractivity contribution in [1.82, 2.24) is 14.5 Å². The lowest BCUT2D eigenvalue weighted by atomic mass is 10.1. The van der Waals surface area contributed by atoms with Crippen LogP contribution in [0, 0.1) is 0 Å². The van der Waals surface area contributed by atoms with Crippen LogP contribution in [0.15, 0.2) is 42.5 Å². The average molecular weight is 374 g/mol. The molecule has 0 bridgehead atoms. The number of benzene rings is 2. The number of imidazole rings is 1. The first kappa shape index (κ1) is 16.4. The van der Waals surface area contributed by atoms with Crippen LogP contribution in [0.1, 0.15) is 23.7 Å². The lowest BCUT2D eigenvalue weighted by molar-refractivity contribution is -0.126. The molecular weight excluding hydrogens is 357 g/mol. The Hall–Kier alpha value is -2.04. The maximum atomic E-state index is 12.0. The van der Waals surface area contributed by atoms with Crippen molar-refractivity contribution in [2.24, 2.45) is 0 Å². The quantitative estimate of drug-likeness (QED) is 0.684. The number of carbonyl (C=O) groups is 1. The minimum absolute atomic E-state index is 0.0935. The highest BCUT2D eigenvalue weighted by molar-refractivity contribution is 6.35. The van der Waals surface area contributed by atoms with Gasteiger partial charge in [0.25, 0.3) is 0 Å². The molecule has 1 atom stereocenters. The molecule has 0 radical (unpaired) electrons. The van der Waals surface area contributed by atoms with Crippen LogP contribution in [0.5, 0.6) is 0 Å². The van der Waals surface area contributed by atoms with E-state index in [4.69, 9.17) is 28.2 Å². The van der Waals surface area contributed by atoms with Gasteiger partial charge in [-0.25, -0.2) is 4.98 Å². The van der Waals surface area contributed by atoms with Gasteiger partial charge < -0.3 is 9.47 Å². The van der Waals surface area contributed by atoms with Crippen LogP contribution in [0.4, 0.5) is 0 Å². The molecule has 1 aliphatic heterocycles. The lowest BCUT2D eigenvalue weighted by Crippen LogP contribution is -2.19. The van der Waals surface area contributed by atoms with Gasteiger partial charge in [-0.2, -0.15) is 0 Å². The number of para-hydroxylation sites is 2. The molecule has 0 aliphatic carbocycles. The van der Waals surface area contributed by atoms with Gasteiger partial charge in [-0.15, -0.1) is 0 Å². The van der Waals surface area contributed by atoms with E-state index in [2.05, 4.69) is 10.6 Å². The van der Waals surface area contributed by atoms with Crippen LogP contribution >= 0.6 is 23.2 Å². The molecule has 1 unspecified atom stereocenters. The molecular formula is C19H17Cl2N3O. The Labute approximate surface area is 156 Å². The monoisotopic (exact) mass is 373 g/mol. The van der Waals surface area contributed by atoms with Gasteiger partial charge in [0.15, 0.2) is 0 Å². The third-order valence-corrected chi connectivity index (χ3v) is 5.32. The molecule has 1 fully saturated rings. The molecule has 0 spiro atoms. The number of hydrogen-bond donors (Lipinski definition) is 0. The van der Waals surface area contributed by atoms with E-state index in [-0.39, 0.29) is 11.8 Å². The second-order valence-electron chi connectivity index (χ2n) is 6.46. The second kappa shape index (κ2) is 6.36. The Morgan fingerprint density at radius 2 is 2.00 bits per heavy atom. The predicted molar refractivity (Wildman–Crippen MR) is 100 cm³/mol. The molecule has 6 heteroatoms. The zero-order chi connectivity index (χ0) is 17.6. The fourth-order valence-corrected chi connectivity index (χ4v) is 3.90. The number of aromatic nitrogens is 2. The normalized spacial score (nSPS) is 17.6. The minimum Gasteiger partial charge on any atom is -0.345 e. The van der Waals surface area contributed by atoms with Crippen molar-refractivity contribution in [3.05, 3.63) is 63.9 Å². The number of hydrogen-bond acceptors (Lipinski definition) is 2. The summed E-state index contributed by atoms with van der Waals surface area (Å²) in [5.74, 6) is 1.19. The van der Waals surface area contributed by atoms with Crippen molar-refractivity contribution < 1.29 is 4.79 Å². The molecule has 1 amide bonds. The highest BCUT2D eigenvalue weighted by Gasteiger charge is 2.32. The highest BCUT2D eigenvalue weighted by atomic mass is 35.5. The van der Waals surface area contributed by atoms with E-state index in [9.17, 15) is 4.79 Å². The number of rotatable bonds is 3. The van der Waals surface area contributed by atoms with Gasteiger partial charge in [0.05, 0.1) is 17.6 Å². The van der Waals surface area contributed by atoms with Gasteiger partial charge in [0, 0.05) is 36.0 Å². The Morgan fingerprint density at radius 1 is 1.20 bits per heavy atom. The Balaban J connectivity index is 1.81. The number of likely N-dealkylation sites (N-methyl/N-ethyl adjacent to an activating group) is 1. The van der Waals surface area contributed by atoms with Crippen LogP contribution in [0.3, 0.4) is 0 Å². The standard InChI is InChI=1S/C19H17Cl2N3O/c1-23-10-13(8-18(23)25)19-22-16-4-2-3-5-17(16)24(19)11-12-6-7-14(20)9-15(12)21/h2-7,9,13H,8,10-11H2,1H3. The summed E-state index contributed by atoms with van der Waals surface area (Å²) >= 11 is 12.4. The van der Waals surface area contributed by atoms with Gasteiger partial charge >= 0.3 is 0 Å².